The fourth-order valence-corrected chi connectivity index (χ4v) is 3.28. The third-order valence-corrected chi connectivity index (χ3v) is 4.45. The number of hydrogen-bond acceptors (Lipinski definition) is 3. The van der Waals surface area contributed by atoms with E-state index < -0.39 is 17.0 Å². The molecule has 4 rings (SSSR count). The van der Waals surface area contributed by atoms with Crippen LogP contribution in [0.1, 0.15) is 37.8 Å². The number of nitrogens with one attached hydrogen (secondary N) is 1. The molecule has 0 aliphatic heterocycles. The van der Waals surface area contributed by atoms with Crippen LogP contribution in [-0.2, 0) is 17.8 Å². The van der Waals surface area contributed by atoms with E-state index in [0.717, 1.165) is 0 Å². The number of rotatable bonds is 4. The Morgan fingerprint density at radius 2 is 2.10 bits per heavy atom. The van der Waals surface area contributed by atoms with Crippen LogP contribution in [-0.4, -0.2) is 17.1 Å². The summed E-state index contributed by atoms with van der Waals surface area (Å²) in [5.41, 5.74) is -1.80. The van der Waals surface area contributed by atoms with E-state index in [-0.39, 0.29) is 31.7 Å². The van der Waals surface area contributed by atoms with E-state index in [9.17, 15) is 18.0 Å². The molecule has 0 saturated heterocycles. The first-order valence-corrected chi connectivity index (χ1v) is 6.59. The molecule has 0 atom stereocenters. The molecule has 20 heavy (non-hydrogen) atoms. The molecule has 3 fully saturated rings. The first kappa shape index (κ1) is 13.5. The van der Waals surface area contributed by atoms with Crippen molar-refractivity contribution in [1.82, 2.24) is 10.3 Å². The van der Waals surface area contributed by atoms with E-state index in [1.807, 2.05) is 6.92 Å². The Balaban J connectivity index is 1.53. The first-order valence-electron chi connectivity index (χ1n) is 6.59. The van der Waals surface area contributed by atoms with E-state index in [4.69, 9.17) is 4.42 Å². The van der Waals surface area contributed by atoms with Crippen LogP contribution in [0.4, 0.5) is 13.2 Å². The third kappa shape index (κ3) is 1.75. The molecule has 1 amide bonds. The SMILES string of the molecule is CCc1nc(CNC(=O)C23CC(C(F)(F)F)(C2)C3)co1. The van der Waals surface area contributed by atoms with Crippen LogP contribution in [0.5, 0.6) is 0 Å². The van der Waals surface area contributed by atoms with Gasteiger partial charge < -0.3 is 9.73 Å². The topological polar surface area (TPSA) is 55.1 Å². The van der Waals surface area contributed by atoms with Crippen LogP contribution in [0.2, 0.25) is 0 Å². The molecule has 1 aromatic heterocycles. The molecule has 3 aliphatic carbocycles. The van der Waals surface area contributed by atoms with Crippen LogP contribution in [0.15, 0.2) is 10.7 Å². The second-order valence-electron chi connectivity index (χ2n) is 5.86. The van der Waals surface area contributed by atoms with Gasteiger partial charge in [-0.25, -0.2) is 4.98 Å². The molecule has 1 N–H and O–H groups in total. The molecule has 0 radical (unpaired) electrons. The second-order valence-corrected chi connectivity index (χ2v) is 5.86. The molecule has 3 saturated carbocycles. The predicted octanol–water partition coefficient (Wildman–Crippen LogP) is 2.59. The van der Waals surface area contributed by atoms with Gasteiger partial charge in [0.15, 0.2) is 5.89 Å². The number of nitrogens with zero attached hydrogens (tertiary/aromatic N) is 1. The number of aromatic nitrogens is 1. The Labute approximate surface area is 113 Å². The zero-order valence-electron chi connectivity index (χ0n) is 11.0. The molecule has 0 spiro atoms. The van der Waals surface area contributed by atoms with Crippen molar-refractivity contribution < 1.29 is 22.4 Å². The number of carbonyl (C=O) groups is 1. The molecule has 2 bridgehead atoms. The lowest BCUT2D eigenvalue weighted by Gasteiger charge is -2.69. The van der Waals surface area contributed by atoms with Crippen molar-refractivity contribution in [1.29, 1.82) is 0 Å². The largest absolute Gasteiger partial charge is 0.449 e. The molecule has 0 aromatic carbocycles. The summed E-state index contributed by atoms with van der Waals surface area (Å²) in [5.74, 6) is 0.278. The van der Waals surface area contributed by atoms with Crippen molar-refractivity contribution in [3.05, 3.63) is 17.8 Å². The Kier molecular flexibility index (Phi) is 2.68. The van der Waals surface area contributed by atoms with Gasteiger partial charge in [-0.1, -0.05) is 6.92 Å². The van der Waals surface area contributed by atoms with Gasteiger partial charge in [-0.3, -0.25) is 4.79 Å². The maximum atomic E-state index is 12.7. The Morgan fingerprint density at radius 1 is 1.45 bits per heavy atom. The normalized spacial score (nSPS) is 31.4. The number of hydrogen-bond donors (Lipinski definition) is 1. The average Bonchev–Trinajstić information content (AvgIpc) is 2.68. The lowest BCUT2D eigenvalue weighted by molar-refractivity contribution is -0.351. The fraction of sp³-hybridized carbons (Fsp3) is 0.692. The van der Waals surface area contributed by atoms with Gasteiger partial charge in [0.25, 0.3) is 0 Å². The average molecular weight is 288 g/mol. The zero-order chi connectivity index (χ0) is 14.6. The van der Waals surface area contributed by atoms with Gasteiger partial charge >= 0.3 is 6.18 Å². The summed E-state index contributed by atoms with van der Waals surface area (Å²) in [6.07, 6.45) is -2.29. The van der Waals surface area contributed by atoms with Crippen molar-refractivity contribution in [3.8, 4) is 0 Å². The van der Waals surface area contributed by atoms with Crippen molar-refractivity contribution in [2.24, 2.45) is 10.8 Å². The van der Waals surface area contributed by atoms with Gasteiger partial charge in [0.1, 0.15) is 6.26 Å². The molecular formula is C13H15F3N2O2. The van der Waals surface area contributed by atoms with E-state index in [0.29, 0.717) is 18.0 Å². The molecule has 1 aromatic rings. The summed E-state index contributed by atoms with van der Waals surface area (Å²) in [6, 6.07) is 0. The van der Waals surface area contributed by atoms with Gasteiger partial charge in [-0.05, 0) is 19.3 Å². The molecule has 110 valence electrons. The summed E-state index contributed by atoms with van der Waals surface area (Å²) in [7, 11) is 0. The molecule has 1 heterocycles. The molecule has 7 heteroatoms. The minimum absolute atomic E-state index is 0.0750. The smallest absolute Gasteiger partial charge is 0.394 e. The minimum atomic E-state index is -4.18. The highest BCUT2D eigenvalue weighted by molar-refractivity contribution is 5.86. The third-order valence-electron chi connectivity index (χ3n) is 4.45. The Bertz CT molecular complexity index is 530. The van der Waals surface area contributed by atoms with Crippen LogP contribution in [0.25, 0.3) is 0 Å². The summed E-state index contributed by atoms with van der Waals surface area (Å²) < 4.78 is 43.2. The van der Waals surface area contributed by atoms with Gasteiger partial charge in [-0.15, -0.1) is 0 Å². The van der Waals surface area contributed by atoms with Crippen molar-refractivity contribution in [3.63, 3.8) is 0 Å². The second kappa shape index (κ2) is 3.99. The van der Waals surface area contributed by atoms with Gasteiger partial charge in [-0.2, -0.15) is 13.2 Å². The van der Waals surface area contributed by atoms with Crippen molar-refractivity contribution >= 4 is 5.91 Å². The highest BCUT2D eigenvalue weighted by atomic mass is 19.4. The van der Waals surface area contributed by atoms with E-state index in [1.165, 1.54) is 6.26 Å². The summed E-state index contributed by atoms with van der Waals surface area (Å²) in [4.78, 5) is 16.1. The number of halogens is 3. The van der Waals surface area contributed by atoms with E-state index in [2.05, 4.69) is 10.3 Å². The maximum Gasteiger partial charge on any atom is 0.394 e. The standard InChI is InChI=1S/C13H15F3N2O2/c1-2-9-18-8(4-20-9)3-17-10(19)11-5-12(6-11,7-11)13(14,15)16/h4H,2-3,5-7H2,1H3,(H,17,19). The minimum Gasteiger partial charge on any atom is -0.449 e. The Morgan fingerprint density at radius 3 is 2.60 bits per heavy atom. The summed E-state index contributed by atoms with van der Waals surface area (Å²) in [6.45, 7) is 2.09. The lowest BCUT2D eigenvalue weighted by Crippen LogP contribution is -2.72. The Hall–Kier alpha value is -1.53. The number of amides is 1. The zero-order valence-corrected chi connectivity index (χ0v) is 11.0. The number of alkyl halides is 3. The van der Waals surface area contributed by atoms with Gasteiger partial charge in [0.05, 0.1) is 23.1 Å². The van der Waals surface area contributed by atoms with Crippen molar-refractivity contribution in [2.75, 3.05) is 0 Å². The maximum absolute atomic E-state index is 12.7. The fourth-order valence-electron chi connectivity index (χ4n) is 3.28. The predicted molar refractivity (Wildman–Crippen MR) is 62.5 cm³/mol. The monoisotopic (exact) mass is 288 g/mol. The van der Waals surface area contributed by atoms with E-state index >= 15 is 0 Å². The van der Waals surface area contributed by atoms with Gasteiger partial charge in [0.2, 0.25) is 5.91 Å². The molecular weight excluding hydrogens is 273 g/mol. The van der Waals surface area contributed by atoms with Crippen LogP contribution in [0.3, 0.4) is 0 Å². The number of carbonyl (C=O) groups excluding carboxylic acids is 1. The van der Waals surface area contributed by atoms with Gasteiger partial charge in [0, 0.05) is 6.42 Å². The van der Waals surface area contributed by atoms with Crippen molar-refractivity contribution in [2.45, 2.75) is 45.3 Å². The summed E-state index contributed by atoms with van der Waals surface area (Å²) in [5, 5.41) is 2.66. The first-order chi connectivity index (χ1) is 9.30. The highest BCUT2D eigenvalue weighted by Gasteiger charge is 2.80. The molecule has 4 nitrogen and oxygen atoms in total. The number of aryl methyl sites for hydroxylation is 1. The molecule has 3 aliphatic rings. The number of oxazole rings is 1. The lowest BCUT2D eigenvalue weighted by atomic mass is 9.34. The van der Waals surface area contributed by atoms with Crippen LogP contribution >= 0.6 is 0 Å². The summed E-state index contributed by atoms with van der Waals surface area (Å²) >= 11 is 0. The van der Waals surface area contributed by atoms with Crippen LogP contribution in [0, 0.1) is 10.8 Å². The van der Waals surface area contributed by atoms with E-state index in [1.54, 1.807) is 0 Å². The molecule has 0 unspecified atom stereocenters. The highest BCUT2D eigenvalue weighted by Crippen LogP contribution is 2.78. The van der Waals surface area contributed by atoms with Crippen LogP contribution < -0.4 is 5.32 Å². The quantitative estimate of drug-likeness (QED) is 0.926.